The summed E-state index contributed by atoms with van der Waals surface area (Å²) in [5.74, 6) is 1.38. The first-order valence-electron chi connectivity index (χ1n) is 7.91. The smallest absolute Gasteiger partial charge is 0.314 e. The predicted molar refractivity (Wildman–Crippen MR) is 88.1 cm³/mol. The van der Waals surface area contributed by atoms with Crippen molar-refractivity contribution >= 4 is 11.0 Å². The van der Waals surface area contributed by atoms with Crippen LogP contribution in [0.1, 0.15) is 31.4 Å². The molecule has 118 valence electrons. The zero-order valence-corrected chi connectivity index (χ0v) is 13.4. The minimum Gasteiger partial charge on any atom is -0.316 e. The van der Waals surface area contributed by atoms with Crippen molar-refractivity contribution in [2.45, 2.75) is 33.7 Å². The fourth-order valence-corrected chi connectivity index (χ4v) is 3.70. The number of aromatic amines is 2. The largest absolute Gasteiger partial charge is 0.316 e. The molecule has 2 atom stereocenters. The predicted octanol–water partition coefficient (Wildman–Crippen LogP) is 2.00. The van der Waals surface area contributed by atoms with E-state index in [-0.39, 0.29) is 0 Å². The molecule has 22 heavy (non-hydrogen) atoms. The number of likely N-dealkylation sites (tertiary alicyclic amines) is 1. The number of piperidine rings is 1. The number of hydrogen-bond acceptors (Lipinski definition) is 3. The van der Waals surface area contributed by atoms with Gasteiger partial charge >= 0.3 is 11.1 Å². The standard InChI is InChI=1S/C17H23N3O2/c1-10-6-11(2)8-20(7-10)9-13-12(3)4-5-14-15(13)19-17(22)16(21)18-14/h4-5,10-11H,6-9H2,1-3H3,(H,18,21)(H,19,22). The molecular formula is C17H23N3O2. The molecule has 0 saturated carbocycles. The Morgan fingerprint density at radius 3 is 2.41 bits per heavy atom. The van der Waals surface area contributed by atoms with Crippen molar-refractivity contribution in [1.29, 1.82) is 0 Å². The van der Waals surface area contributed by atoms with E-state index in [2.05, 4.69) is 35.6 Å². The molecule has 0 aliphatic carbocycles. The van der Waals surface area contributed by atoms with Gasteiger partial charge in [-0.05, 0) is 42.4 Å². The Bertz CT molecular complexity index is 796. The van der Waals surface area contributed by atoms with Gasteiger partial charge in [-0.15, -0.1) is 0 Å². The first-order valence-corrected chi connectivity index (χ1v) is 7.91. The van der Waals surface area contributed by atoms with Crippen LogP contribution >= 0.6 is 0 Å². The summed E-state index contributed by atoms with van der Waals surface area (Å²) < 4.78 is 0. The van der Waals surface area contributed by atoms with Gasteiger partial charge in [-0.1, -0.05) is 19.9 Å². The van der Waals surface area contributed by atoms with E-state index in [4.69, 9.17) is 0 Å². The van der Waals surface area contributed by atoms with Gasteiger partial charge in [0.05, 0.1) is 11.0 Å². The summed E-state index contributed by atoms with van der Waals surface area (Å²) >= 11 is 0. The molecular weight excluding hydrogens is 278 g/mol. The first kappa shape index (κ1) is 15.0. The van der Waals surface area contributed by atoms with Crippen molar-refractivity contribution in [2.24, 2.45) is 11.8 Å². The van der Waals surface area contributed by atoms with E-state index in [1.807, 2.05) is 12.1 Å². The molecule has 2 heterocycles. The lowest BCUT2D eigenvalue weighted by atomic mass is 9.91. The van der Waals surface area contributed by atoms with Crippen molar-refractivity contribution in [1.82, 2.24) is 14.9 Å². The Kier molecular flexibility index (Phi) is 3.91. The number of nitrogens with zero attached hydrogens (tertiary/aromatic N) is 1. The van der Waals surface area contributed by atoms with Crippen molar-refractivity contribution in [2.75, 3.05) is 13.1 Å². The maximum absolute atomic E-state index is 11.7. The zero-order valence-electron chi connectivity index (χ0n) is 13.4. The molecule has 5 nitrogen and oxygen atoms in total. The Balaban J connectivity index is 2.02. The monoisotopic (exact) mass is 301 g/mol. The second-order valence-electron chi connectivity index (χ2n) is 6.83. The highest BCUT2D eigenvalue weighted by atomic mass is 16.2. The molecule has 0 spiro atoms. The van der Waals surface area contributed by atoms with Gasteiger partial charge in [0, 0.05) is 19.6 Å². The Labute approximate surface area is 129 Å². The molecule has 0 amide bonds. The van der Waals surface area contributed by atoms with Crippen molar-refractivity contribution < 1.29 is 0 Å². The van der Waals surface area contributed by atoms with Gasteiger partial charge < -0.3 is 9.97 Å². The minimum absolute atomic E-state index is 0.584. The Morgan fingerprint density at radius 2 is 1.73 bits per heavy atom. The third kappa shape index (κ3) is 2.86. The highest BCUT2D eigenvalue weighted by Crippen LogP contribution is 2.25. The van der Waals surface area contributed by atoms with E-state index in [9.17, 15) is 9.59 Å². The Hall–Kier alpha value is -1.88. The van der Waals surface area contributed by atoms with Gasteiger partial charge in [-0.25, -0.2) is 0 Å². The lowest BCUT2D eigenvalue weighted by Crippen LogP contribution is -2.38. The van der Waals surface area contributed by atoms with E-state index in [1.165, 1.54) is 6.42 Å². The summed E-state index contributed by atoms with van der Waals surface area (Å²) in [6.45, 7) is 9.59. The molecule has 1 aromatic heterocycles. The second kappa shape index (κ2) is 5.72. The van der Waals surface area contributed by atoms with Crippen LogP contribution in [-0.4, -0.2) is 28.0 Å². The third-order valence-electron chi connectivity index (χ3n) is 4.57. The third-order valence-corrected chi connectivity index (χ3v) is 4.57. The normalized spacial score (nSPS) is 23.0. The maximum Gasteiger partial charge on any atom is 0.314 e. The number of fused-ring (bicyclic) bond motifs is 1. The number of benzene rings is 1. The van der Waals surface area contributed by atoms with Crippen LogP contribution in [0.4, 0.5) is 0 Å². The van der Waals surface area contributed by atoms with Gasteiger partial charge in [0.25, 0.3) is 0 Å². The van der Waals surface area contributed by atoms with Crippen LogP contribution < -0.4 is 11.1 Å². The minimum atomic E-state index is -0.595. The Morgan fingerprint density at radius 1 is 1.09 bits per heavy atom. The molecule has 0 radical (unpaired) electrons. The summed E-state index contributed by atoms with van der Waals surface area (Å²) in [4.78, 5) is 31.0. The molecule has 2 aromatic rings. The fraction of sp³-hybridized carbons (Fsp3) is 0.529. The highest BCUT2D eigenvalue weighted by Gasteiger charge is 2.23. The first-order chi connectivity index (χ1) is 10.4. The van der Waals surface area contributed by atoms with Crippen molar-refractivity contribution in [3.63, 3.8) is 0 Å². The fourth-order valence-electron chi connectivity index (χ4n) is 3.70. The number of hydrogen-bond donors (Lipinski definition) is 2. The van der Waals surface area contributed by atoms with E-state index in [0.717, 1.165) is 36.3 Å². The zero-order chi connectivity index (χ0) is 15.9. The molecule has 1 fully saturated rings. The van der Waals surface area contributed by atoms with Crippen LogP contribution in [0, 0.1) is 18.8 Å². The van der Waals surface area contributed by atoms with Gasteiger partial charge in [0.2, 0.25) is 0 Å². The average Bonchev–Trinajstić information content (AvgIpc) is 2.43. The van der Waals surface area contributed by atoms with Crippen LogP contribution in [0.2, 0.25) is 0 Å². The molecule has 3 rings (SSSR count). The van der Waals surface area contributed by atoms with E-state index in [0.29, 0.717) is 17.4 Å². The van der Waals surface area contributed by atoms with Crippen molar-refractivity contribution in [3.05, 3.63) is 44.0 Å². The molecule has 2 N–H and O–H groups in total. The number of rotatable bonds is 2. The number of aryl methyl sites for hydroxylation is 1. The summed E-state index contributed by atoms with van der Waals surface area (Å²) in [5.41, 5.74) is 2.52. The van der Waals surface area contributed by atoms with Gasteiger partial charge in [-0.3, -0.25) is 14.5 Å². The van der Waals surface area contributed by atoms with E-state index >= 15 is 0 Å². The van der Waals surface area contributed by atoms with Crippen molar-refractivity contribution in [3.8, 4) is 0 Å². The molecule has 1 aromatic carbocycles. The molecule has 1 aliphatic heterocycles. The number of H-pyrrole nitrogens is 2. The second-order valence-corrected chi connectivity index (χ2v) is 6.83. The SMILES string of the molecule is Cc1ccc2[nH]c(=O)c(=O)[nH]c2c1CN1CC(C)CC(C)C1. The molecule has 2 unspecified atom stereocenters. The number of nitrogens with one attached hydrogen (secondary N) is 2. The molecule has 1 aliphatic rings. The summed E-state index contributed by atoms with van der Waals surface area (Å²) in [6, 6.07) is 3.86. The lowest BCUT2D eigenvalue weighted by Gasteiger charge is -2.35. The van der Waals surface area contributed by atoms with Crippen LogP contribution in [0.25, 0.3) is 11.0 Å². The summed E-state index contributed by atoms with van der Waals surface area (Å²) in [6.07, 6.45) is 1.27. The summed E-state index contributed by atoms with van der Waals surface area (Å²) in [5, 5.41) is 0. The molecule has 5 heteroatoms. The topological polar surface area (TPSA) is 69.0 Å². The average molecular weight is 301 g/mol. The van der Waals surface area contributed by atoms with Gasteiger partial charge in [0.15, 0.2) is 0 Å². The van der Waals surface area contributed by atoms with Gasteiger partial charge in [0.1, 0.15) is 0 Å². The van der Waals surface area contributed by atoms with E-state index < -0.39 is 11.1 Å². The molecule has 0 bridgehead atoms. The lowest BCUT2D eigenvalue weighted by molar-refractivity contribution is 0.134. The number of aromatic nitrogens is 2. The molecule has 1 saturated heterocycles. The maximum atomic E-state index is 11.7. The van der Waals surface area contributed by atoms with Gasteiger partial charge in [-0.2, -0.15) is 0 Å². The van der Waals surface area contributed by atoms with E-state index in [1.54, 1.807) is 0 Å². The summed E-state index contributed by atoms with van der Waals surface area (Å²) in [7, 11) is 0. The highest BCUT2D eigenvalue weighted by molar-refractivity contribution is 5.78. The van der Waals surface area contributed by atoms with Crippen LogP contribution in [-0.2, 0) is 6.54 Å². The van der Waals surface area contributed by atoms with Crippen LogP contribution in [0.3, 0.4) is 0 Å². The van der Waals surface area contributed by atoms with Crippen LogP contribution in [0.15, 0.2) is 21.7 Å². The van der Waals surface area contributed by atoms with Crippen LogP contribution in [0.5, 0.6) is 0 Å². The quantitative estimate of drug-likeness (QED) is 0.834.